The fourth-order valence-corrected chi connectivity index (χ4v) is 3.24. The van der Waals surface area contributed by atoms with Crippen LogP contribution in [0.4, 0.5) is 10.2 Å². The van der Waals surface area contributed by atoms with Gasteiger partial charge in [-0.25, -0.2) is 9.37 Å². The number of hydrogen-bond donors (Lipinski definition) is 1. The number of carbonyl (C=O) groups excluding carboxylic acids is 1. The van der Waals surface area contributed by atoms with E-state index in [9.17, 15) is 9.18 Å². The average molecular weight is 426 g/mol. The number of pyridine rings is 1. The quantitative estimate of drug-likeness (QED) is 0.592. The molecule has 0 saturated carbocycles. The van der Waals surface area contributed by atoms with Gasteiger partial charge < -0.3 is 15.4 Å². The Labute approximate surface area is 180 Å². The molecule has 0 aliphatic carbocycles. The van der Waals surface area contributed by atoms with Crippen molar-refractivity contribution in [1.29, 1.82) is 0 Å². The molecule has 2 N–H and O–H groups in total. The van der Waals surface area contributed by atoms with Crippen LogP contribution in [0.1, 0.15) is 53.6 Å². The van der Waals surface area contributed by atoms with E-state index in [1.54, 1.807) is 30.9 Å². The minimum absolute atomic E-state index is 0.231. The van der Waals surface area contributed by atoms with E-state index in [0.29, 0.717) is 22.6 Å². The normalized spacial score (nSPS) is 11.9. The Bertz CT molecular complexity index is 1070. The molecule has 0 fully saturated rings. The van der Waals surface area contributed by atoms with Crippen LogP contribution in [0.5, 0.6) is 5.75 Å². The van der Waals surface area contributed by atoms with Gasteiger partial charge in [-0.3, -0.25) is 9.48 Å². The van der Waals surface area contributed by atoms with Crippen molar-refractivity contribution < 1.29 is 13.9 Å². The maximum absolute atomic E-state index is 14.0. The van der Waals surface area contributed by atoms with Crippen LogP contribution in [0, 0.1) is 12.7 Å². The first kappa shape index (κ1) is 22.2. The molecule has 0 saturated heterocycles. The molecule has 3 rings (SSSR count). The molecule has 0 spiro atoms. The maximum atomic E-state index is 14.0. The average Bonchev–Trinajstić information content (AvgIpc) is 3.17. The molecule has 0 radical (unpaired) electrons. The number of amides is 1. The molecular formula is C22H27FN6O2. The van der Waals surface area contributed by atoms with E-state index < -0.39 is 11.9 Å². The molecule has 164 valence electrons. The fourth-order valence-electron chi connectivity index (χ4n) is 3.24. The Morgan fingerprint density at radius 3 is 2.87 bits per heavy atom. The molecule has 0 aliphatic heterocycles. The van der Waals surface area contributed by atoms with Gasteiger partial charge in [0.1, 0.15) is 17.6 Å². The van der Waals surface area contributed by atoms with Gasteiger partial charge in [0.15, 0.2) is 11.6 Å². The third-order valence-electron chi connectivity index (χ3n) is 4.79. The fraction of sp³-hybridized carbons (Fsp3) is 0.364. The number of nitrogens with two attached hydrogens (primary N) is 1. The number of halogens is 1. The topological polar surface area (TPSA) is 99.2 Å². The molecule has 0 bridgehead atoms. The van der Waals surface area contributed by atoms with Gasteiger partial charge in [0.2, 0.25) is 0 Å². The lowest BCUT2D eigenvalue weighted by atomic mass is 10.0. The standard InChI is InChI=1S/C22H27FN6O2/c1-5-8-29-13-17(26-27-29)12-28(4)22(30)18-7-6-16(23)10-19(18)15(3)31-20-9-14(2)11-25-21(20)24/h6-7,9-11,13,15H,5,8,12H2,1-4H3,(H2,24,25). The van der Waals surface area contributed by atoms with Gasteiger partial charge in [0.05, 0.1) is 12.7 Å². The Balaban J connectivity index is 1.82. The lowest BCUT2D eigenvalue weighted by Gasteiger charge is -2.22. The lowest BCUT2D eigenvalue weighted by Crippen LogP contribution is -2.28. The van der Waals surface area contributed by atoms with Crippen LogP contribution in [-0.4, -0.2) is 37.8 Å². The number of hydrogen-bond acceptors (Lipinski definition) is 6. The molecule has 1 atom stereocenters. The van der Waals surface area contributed by atoms with E-state index in [1.807, 2.05) is 13.1 Å². The smallest absolute Gasteiger partial charge is 0.254 e. The van der Waals surface area contributed by atoms with Crippen LogP contribution in [0.2, 0.25) is 0 Å². The molecule has 2 aromatic heterocycles. The number of anilines is 1. The summed E-state index contributed by atoms with van der Waals surface area (Å²) in [4.78, 5) is 18.7. The monoisotopic (exact) mass is 426 g/mol. The van der Waals surface area contributed by atoms with Crippen molar-refractivity contribution in [3.63, 3.8) is 0 Å². The summed E-state index contributed by atoms with van der Waals surface area (Å²) in [6, 6.07) is 5.79. The van der Waals surface area contributed by atoms with Gasteiger partial charge >= 0.3 is 0 Å². The highest BCUT2D eigenvalue weighted by Gasteiger charge is 2.22. The first-order valence-electron chi connectivity index (χ1n) is 10.1. The molecule has 0 aliphatic rings. The third-order valence-corrected chi connectivity index (χ3v) is 4.79. The van der Waals surface area contributed by atoms with Crippen LogP contribution in [-0.2, 0) is 13.1 Å². The van der Waals surface area contributed by atoms with Crippen molar-refractivity contribution in [1.82, 2.24) is 24.9 Å². The SMILES string of the molecule is CCCn1cc(CN(C)C(=O)c2ccc(F)cc2C(C)Oc2cc(C)cnc2N)nn1. The van der Waals surface area contributed by atoms with Crippen molar-refractivity contribution >= 4 is 11.7 Å². The molecule has 3 aromatic rings. The molecule has 2 heterocycles. The van der Waals surface area contributed by atoms with E-state index in [4.69, 9.17) is 10.5 Å². The Hall–Kier alpha value is -3.49. The van der Waals surface area contributed by atoms with Crippen molar-refractivity contribution in [3.8, 4) is 5.75 Å². The first-order valence-corrected chi connectivity index (χ1v) is 10.1. The zero-order valence-corrected chi connectivity index (χ0v) is 18.2. The van der Waals surface area contributed by atoms with E-state index in [-0.39, 0.29) is 18.3 Å². The largest absolute Gasteiger partial charge is 0.482 e. The number of benzene rings is 1. The molecule has 8 nitrogen and oxygen atoms in total. The van der Waals surface area contributed by atoms with Gasteiger partial charge in [-0.1, -0.05) is 12.1 Å². The van der Waals surface area contributed by atoms with E-state index in [1.165, 1.54) is 23.1 Å². The molecule has 1 amide bonds. The number of aromatic nitrogens is 4. The number of ether oxygens (including phenoxy) is 1. The molecule has 9 heteroatoms. The predicted molar refractivity (Wildman–Crippen MR) is 115 cm³/mol. The zero-order chi connectivity index (χ0) is 22.5. The highest BCUT2D eigenvalue weighted by atomic mass is 19.1. The highest BCUT2D eigenvalue weighted by molar-refractivity contribution is 5.95. The predicted octanol–water partition coefficient (Wildman–Crippen LogP) is 3.53. The molecule has 31 heavy (non-hydrogen) atoms. The number of nitrogen functional groups attached to an aromatic ring is 1. The van der Waals surface area contributed by atoms with Crippen LogP contribution < -0.4 is 10.5 Å². The highest BCUT2D eigenvalue weighted by Crippen LogP contribution is 2.29. The Kier molecular flexibility index (Phi) is 6.84. The summed E-state index contributed by atoms with van der Waals surface area (Å²) in [6.07, 6.45) is 3.77. The Morgan fingerprint density at radius 2 is 2.13 bits per heavy atom. The van der Waals surface area contributed by atoms with Crippen LogP contribution in [0.25, 0.3) is 0 Å². The summed E-state index contributed by atoms with van der Waals surface area (Å²) in [6.45, 7) is 6.70. The van der Waals surface area contributed by atoms with Gasteiger partial charge in [0.25, 0.3) is 5.91 Å². The Morgan fingerprint density at radius 1 is 1.35 bits per heavy atom. The van der Waals surface area contributed by atoms with Crippen LogP contribution >= 0.6 is 0 Å². The van der Waals surface area contributed by atoms with Crippen molar-refractivity contribution in [2.75, 3.05) is 12.8 Å². The summed E-state index contributed by atoms with van der Waals surface area (Å²) in [7, 11) is 1.67. The van der Waals surface area contributed by atoms with Gasteiger partial charge in [-0.05, 0) is 50.1 Å². The second-order valence-corrected chi connectivity index (χ2v) is 7.52. The summed E-state index contributed by atoms with van der Waals surface area (Å²) in [5, 5.41) is 8.16. The van der Waals surface area contributed by atoms with Gasteiger partial charge in [-0.2, -0.15) is 0 Å². The minimum Gasteiger partial charge on any atom is -0.482 e. The number of aryl methyl sites for hydroxylation is 2. The first-order chi connectivity index (χ1) is 14.8. The third kappa shape index (κ3) is 5.36. The van der Waals surface area contributed by atoms with Crippen molar-refractivity contribution in [2.45, 2.75) is 46.4 Å². The second-order valence-electron chi connectivity index (χ2n) is 7.52. The van der Waals surface area contributed by atoms with E-state index in [0.717, 1.165) is 18.5 Å². The minimum atomic E-state index is -0.626. The molecule has 1 unspecified atom stereocenters. The van der Waals surface area contributed by atoms with E-state index >= 15 is 0 Å². The zero-order valence-electron chi connectivity index (χ0n) is 18.2. The number of carbonyl (C=O) groups is 1. The molecule has 1 aromatic carbocycles. The van der Waals surface area contributed by atoms with Crippen LogP contribution in [0.15, 0.2) is 36.7 Å². The number of nitrogens with zero attached hydrogens (tertiary/aromatic N) is 5. The maximum Gasteiger partial charge on any atom is 0.254 e. The van der Waals surface area contributed by atoms with Crippen LogP contribution in [0.3, 0.4) is 0 Å². The summed E-state index contributed by atoms with van der Waals surface area (Å²) in [5.41, 5.74) is 8.22. The summed E-state index contributed by atoms with van der Waals surface area (Å²) >= 11 is 0. The lowest BCUT2D eigenvalue weighted by molar-refractivity contribution is 0.0778. The number of rotatable bonds is 8. The summed E-state index contributed by atoms with van der Waals surface area (Å²) < 4.78 is 21.7. The second kappa shape index (κ2) is 9.55. The van der Waals surface area contributed by atoms with E-state index in [2.05, 4.69) is 22.2 Å². The molecular weight excluding hydrogens is 399 g/mol. The van der Waals surface area contributed by atoms with Gasteiger partial charge in [-0.15, -0.1) is 5.10 Å². The van der Waals surface area contributed by atoms with Gasteiger partial charge in [0, 0.05) is 30.9 Å². The van der Waals surface area contributed by atoms with Crippen molar-refractivity contribution in [2.24, 2.45) is 0 Å². The summed E-state index contributed by atoms with van der Waals surface area (Å²) in [5.74, 6) is -0.113. The van der Waals surface area contributed by atoms with Crippen molar-refractivity contribution in [3.05, 3.63) is 64.9 Å².